The summed E-state index contributed by atoms with van der Waals surface area (Å²) < 4.78 is 5.53. The molecule has 80 valence electrons. The Balaban J connectivity index is 2.24. The van der Waals surface area contributed by atoms with E-state index in [1.54, 1.807) is 17.6 Å². The second-order valence-electron chi connectivity index (χ2n) is 3.56. The largest absolute Gasteiger partial charge is 0.448 e. The number of thiophene rings is 1. The van der Waals surface area contributed by atoms with Gasteiger partial charge in [-0.2, -0.15) is 0 Å². The standard InChI is InChI=1S/C12H15NOS/c1-3-9(4-2)12-13-10(8-14-12)11-6-5-7-15-11/h5-9H,3-4H2,1-2H3. The van der Waals surface area contributed by atoms with Crippen LogP contribution < -0.4 is 0 Å². The summed E-state index contributed by atoms with van der Waals surface area (Å²) in [6.45, 7) is 4.34. The summed E-state index contributed by atoms with van der Waals surface area (Å²) in [4.78, 5) is 5.72. The van der Waals surface area contributed by atoms with Gasteiger partial charge in [0.15, 0.2) is 5.89 Å². The van der Waals surface area contributed by atoms with Gasteiger partial charge >= 0.3 is 0 Å². The molecule has 0 saturated carbocycles. The molecule has 0 aliphatic carbocycles. The first kappa shape index (κ1) is 10.4. The van der Waals surface area contributed by atoms with Gasteiger partial charge in [0.1, 0.15) is 12.0 Å². The van der Waals surface area contributed by atoms with Crippen LogP contribution in [0, 0.1) is 0 Å². The molecule has 2 aromatic rings. The lowest BCUT2D eigenvalue weighted by Crippen LogP contribution is -1.95. The van der Waals surface area contributed by atoms with Gasteiger partial charge in [-0.05, 0) is 24.3 Å². The Morgan fingerprint density at radius 2 is 2.20 bits per heavy atom. The predicted octanol–water partition coefficient (Wildman–Crippen LogP) is 4.31. The highest BCUT2D eigenvalue weighted by atomic mass is 32.1. The molecule has 0 aliphatic rings. The van der Waals surface area contributed by atoms with E-state index in [0.717, 1.165) is 24.4 Å². The highest BCUT2D eigenvalue weighted by Crippen LogP contribution is 2.28. The summed E-state index contributed by atoms with van der Waals surface area (Å²) in [5, 5.41) is 2.06. The van der Waals surface area contributed by atoms with Crippen molar-refractivity contribution in [2.24, 2.45) is 0 Å². The van der Waals surface area contributed by atoms with Gasteiger partial charge in [-0.1, -0.05) is 19.9 Å². The molecule has 0 bridgehead atoms. The van der Waals surface area contributed by atoms with Gasteiger partial charge in [-0.25, -0.2) is 4.98 Å². The van der Waals surface area contributed by atoms with Crippen molar-refractivity contribution in [2.45, 2.75) is 32.6 Å². The average Bonchev–Trinajstić information content (AvgIpc) is 2.89. The fourth-order valence-electron chi connectivity index (χ4n) is 1.65. The Morgan fingerprint density at radius 1 is 1.40 bits per heavy atom. The first-order valence-corrected chi connectivity index (χ1v) is 6.22. The molecule has 2 aromatic heterocycles. The van der Waals surface area contributed by atoms with E-state index in [1.165, 1.54) is 4.88 Å². The Morgan fingerprint density at radius 3 is 2.80 bits per heavy atom. The third-order valence-corrected chi connectivity index (χ3v) is 3.52. The minimum absolute atomic E-state index is 0.457. The predicted molar refractivity (Wildman–Crippen MR) is 63.1 cm³/mol. The quantitative estimate of drug-likeness (QED) is 0.769. The molecule has 0 amide bonds. The second kappa shape index (κ2) is 4.62. The third-order valence-electron chi connectivity index (χ3n) is 2.63. The van der Waals surface area contributed by atoms with E-state index in [2.05, 4.69) is 30.3 Å². The fraction of sp³-hybridized carbons (Fsp3) is 0.417. The highest BCUT2D eigenvalue weighted by Gasteiger charge is 2.14. The molecule has 2 heterocycles. The van der Waals surface area contributed by atoms with E-state index in [4.69, 9.17) is 4.42 Å². The van der Waals surface area contributed by atoms with Gasteiger partial charge in [-0.3, -0.25) is 0 Å². The molecule has 0 fully saturated rings. The number of rotatable bonds is 4. The van der Waals surface area contributed by atoms with Gasteiger partial charge in [0.05, 0.1) is 4.88 Å². The van der Waals surface area contributed by atoms with E-state index in [-0.39, 0.29) is 0 Å². The van der Waals surface area contributed by atoms with Gasteiger partial charge in [-0.15, -0.1) is 11.3 Å². The zero-order valence-electron chi connectivity index (χ0n) is 9.06. The molecule has 0 spiro atoms. The molecule has 0 unspecified atom stereocenters. The molecule has 0 N–H and O–H groups in total. The van der Waals surface area contributed by atoms with E-state index >= 15 is 0 Å². The van der Waals surface area contributed by atoms with Crippen molar-refractivity contribution in [3.8, 4) is 10.6 Å². The second-order valence-corrected chi connectivity index (χ2v) is 4.51. The highest BCUT2D eigenvalue weighted by molar-refractivity contribution is 7.13. The van der Waals surface area contributed by atoms with E-state index < -0.39 is 0 Å². The summed E-state index contributed by atoms with van der Waals surface area (Å²) in [6, 6.07) is 4.10. The zero-order chi connectivity index (χ0) is 10.7. The van der Waals surface area contributed by atoms with Crippen LogP contribution in [0.1, 0.15) is 38.5 Å². The first-order valence-electron chi connectivity index (χ1n) is 5.34. The normalized spacial score (nSPS) is 11.1. The van der Waals surface area contributed by atoms with Crippen molar-refractivity contribution in [3.05, 3.63) is 29.7 Å². The fourth-order valence-corrected chi connectivity index (χ4v) is 2.33. The van der Waals surface area contributed by atoms with Crippen LogP contribution in [0.25, 0.3) is 10.6 Å². The van der Waals surface area contributed by atoms with Crippen LogP contribution in [0.4, 0.5) is 0 Å². The van der Waals surface area contributed by atoms with Crippen molar-refractivity contribution < 1.29 is 4.42 Å². The van der Waals surface area contributed by atoms with Crippen LogP contribution in [0.15, 0.2) is 28.2 Å². The Kier molecular flexibility index (Phi) is 3.21. The summed E-state index contributed by atoms with van der Waals surface area (Å²) in [7, 11) is 0. The maximum absolute atomic E-state index is 5.53. The summed E-state index contributed by atoms with van der Waals surface area (Å²) in [5.74, 6) is 1.34. The van der Waals surface area contributed by atoms with Crippen LogP contribution in [0.2, 0.25) is 0 Å². The molecule has 0 saturated heterocycles. The average molecular weight is 221 g/mol. The van der Waals surface area contributed by atoms with Crippen LogP contribution in [-0.2, 0) is 0 Å². The van der Waals surface area contributed by atoms with E-state index in [0.29, 0.717) is 5.92 Å². The van der Waals surface area contributed by atoms with Crippen molar-refractivity contribution >= 4 is 11.3 Å². The summed E-state index contributed by atoms with van der Waals surface area (Å²) >= 11 is 1.69. The monoisotopic (exact) mass is 221 g/mol. The van der Waals surface area contributed by atoms with Gasteiger partial charge in [0.25, 0.3) is 0 Å². The molecule has 3 heteroatoms. The Bertz CT molecular complexity index is 401. The van der Waals surface area contributed by atoms with E-state index in [9.17, 15) is 0 Å². The maximum atomic E-state index is 5.53. The minimum atomic E-state index is 0.457. The number of nitrogens with zero attached hydrogens (tertiary/aromatic N) is 1. The van der Waals surface area contributed by atoms with Crippen LogP contribution in [0.3, 0.4) is 0 Å². The molecular weight excluding hydrogens is 206 g/mol. The third kappa shape index (κ3) is 2.12. The first-order chi connectivity index (χ1) is 7.35. The van der Waals surface area contributed by atoms with Crippen molar-refractivity contribution in [1.82, 2.24) is 4.98 Å². The molecule has 0 radical (unpaired) electrons. The molecule has 0 aliphatic heterocycles. The topological polar surface area (TPSA) is 26.0 Å². The minimum Gasteiger partial charge on any atom is -0.448 e. The van der Waals surface area contributed by atoms with Gasteiger partial charge in [0, 0.05) is 5.92 Å². The molecular formula is C12H15NOS. The van der Waals surface area contributed by atoms with Crippen molar-refractivity contribution in [2.75, 3.05) is 0 Å². The Hall–Kier alpha value is -1.09. The van der Waals surface area contributed by atoms with Gasteiger partial charge in [0.2, 0.25) is 0 Å². The smallest absolute Gasteiger partial charge is 0.197 e. The van der Waals surface area contributed by atoms with Gasteiger partial charge < -0.3 is 4.42 Å². The van der Waals surface area contributed by atoms with E-state index in [1.807, 2.05) is 6.07 Å². The lowest BCUT2D eigenvalue weighted by molar-refractivity contribution is 0.431. The molecule has 0 aromatic carbocycles. The lowest BCUT2D eigenvalue weighted by atomic mass is 10.0. The molecule has 15 heavy (non-hydrogen) atoms. The molecule has 0 atom stereocenters. The maximum Gasteiger partial charge on any atom is 0.197 e. The van der Waals surface area contributed by atoms with Crippen LogP contribution in [0.5, 0.6) is 0 Å². The molecule has 2 nitrogen and oxygen atoms in total. The SMILES string of the molecule is CCC(CC)c1nc(-c2cccs2)co1. The number of hydrogen-bond acceptors (Lipinski definition) is 3. The van der Waals surface area contributed by atoms with Crippen LogP contribution >= 0.6 is 11.3 Å². The van der Waals surface area contributed by atoms with Crippen molar-refractivity contribution in [3.63, 3.8) is 0 Å². The molecule has 2 rings (SSSR count). The summed E-state index contributed by atoms with van der Waals surface area (Å²) in [5.41, 5.74) is 0.965. The zero-order valence-corrected chi connectivity index (χ0v) is 9.88. The Labute approximate surface area is 94.0 Å². The lowest BCUT2D eigenvalue weighted by Gasteiger charge is -2.05. The summed E-state index contributed by atoms with van der Waals surface area (Å²) in [6.07, 6.45) is 3.93. The number of hydrogen-bond donors (Lipinski definition) is 0. The number of aromatic nitrogens is 1. The number of oxazole rings is 1. The van der Waals surface area contributed by atoms with Crippen LogP contribution in [-0.4, -0.2) is 4.98 Å². The van der Waals surface area contributed by atoms with Crippen molar-refractivity contribution in [1.29, 1.82) is 0 Å².